The van der Waals surface area contributed by atoms with E-state index in [4.69, 9.17) is 10.5 Å². The van der Waals surface area contributed by atoms with Crippen LogP contribution in [-0.2, 0) is 0 Å². The molecule has 0 aliphatic rings. The molecular weight excluding hydrogens is 278 g/mol. The average molecular weight is 307 g/mol. The number of rotatable bonds is 9. The number of nitrogen functional groups attached to an aromatic ring is 1. The number of benzene rings is 1. The minimum absolute atomic E-state index is 0.0845. The second-order valence-electron chi connectivity index (χ2n) is 6.20. The molecule has 1 amide bonds. The molecule has 0 radical (unpaired) electrons. The predicted molar refractivity (Wildman–Crippen MR) is 91.3 cm³/mol. The molecule has 5 heteroatoms. The largest absolute Gasteiger partial charge is 0.491 e. The van der Waals surface area contributed by atoms with Gasteiger partial charge in [-0.1, -0.05) is 13.8 Å². The molecule has 0 fully saturated rings. The van der Waals surface area contributed by atoms with E-state index in [0.29, 0.717) is 36.1 Å². The smallest absolute Gasteiger partial charge is 0.251 e. The molecule has 0 heterocycles. The molecule has 3 N–H and O–H groups in total. The summed E-state index contributed by atoms with van der Waals surface area (Å²) in [4.78, 5) is 14.2. The number of carbonyl (C=O) groups is 1. The molecule has 0 unspecified atom stereocenters. The quantitative estimate of drug-likeness (QED) is 0.543. The molecule has 1 rings (SSSR count). The van der Waals surface area contributed by atoms with Crippen molar-refractivity contribution in [3.63, 3.8) is 0 Å². The van der Waals surface area contributed by atoms with Crippen molar-refractivity contribution in [1.29, 1.82) is 0 Å². The Labute approximate surface area is 133 Å². The van der Waals surface area contributed by atoms with Gasteiger partial charge < -0.3 is 20.7 Å². The second kappa shape index (κ2) is 9.30. The number of nitrogens with two attached hydrogens (primary N) is 1. The zero-order chi connectivity index (χ0) is 16.5. The topological polar surface area (TPSA) is 67.6 Å². The van der Waals surface area contributed by atoms with Crippen molar-refractivity contribution in [2.45, 2.75) is 26.7 Å². The number of carbonyl (C=O) groups excluding carboxylic acids is 1. The first kappa shape index (κ1) is 18.3. The molecule has 1 aromatic carbocycles. The summed E-state index contributed by atoms with van der Waals surface area (Å²) in [6, 6.07) is 5.17. The van der Waals surface area contributed by atoms with Crippen LogP contribution in [0.3, 0.4) is 0 Å². The van der Waals surface area contributed by atoms with E-state index in [-0.39, 0.29) is 5.91 Å². The van der Waals surface area contributed by atoms with Crippen molar-refractivity contribution in [3.8, 4) is 5.75 Å². The van der Waals surface area contributed by atoms with E-state index in [1.165, 1.54) is 0 Å². The van der Waals surface area contributed by atoms with Crippen LogP contribution in [0.4, 0.5) is 5.69 Å². The Balaban J connectivity index is 2.55. The molecule has 22 heavy (non-hydrogen) atoms. The molecule has 0 atom stereocenters. The summed E-state index contributed by atoms with van der Waals surface area (Å²) in [5.74, 6) is 1.07. The zero-order valence-corrected chi connectivity index (χ0v) is 14.2. The maximum Gasteiger partial charge on any atom is 0.251 e. The van der Waals surface area contributed by atoms with Gasteiger partial charge in [-0.3, -0.25) is 4.79 Å². The van der Waals surface area contributed by atoms with Gasteiger partial charge in [-0.15, -0.1) is 0 Å². The third-order valence-corrected chi connectivity index (χ3v) is 3.29. The van der Waals surface area contributed by atoms with Crippen molar-refractivity contribution in [2.75, 3.05) is 39.5 Å². The fourth-order valence-corrected chi connectivity index (χ4v) is 1.94. The molecule has 0 saturated carbocycles. The number of hydrogen-bond acceptors (Lipinski definition) is 4. The van der Waals surface area contributed by atoms with E-state index in [9.17, 15) is 4.79 Å². The summed E-state index contributed by atoms with van der Waals surface area (Å²) in [5, 5.41) is 2.92. The summed E-state index contributed by atoms with van der Waals surface area (Å²) < 4.78 is 5.69. The number of hydrogen-bond donors (Lipinski definition) is 2. The van der Waals surface area contributed by atoms with E-state index < -0.39 is 0 Å². The lowest BCUT2D eigenvalue weighted by Crippen LogP contribution is -2.25. The SMILES string of the molecule is CC(C)CCNC(=O)c1ccc(N)c(OCCCN(C)C)c1. The first-order chi connectivity index (χ1) is 10.4. The highest BCUT2D eigenvalue weighted by Crippen LogP contribution is 2.23. The van der Waals surface area contributed by atoms with E-state index in [1.54, 1.807) is 18.2 Å². The summed E-state index contributed by atoms with van der Waals surface area (Å²) in [6.45, 7) is 6.49. The van der Waals surface area contributed by atoms with Crippen molar-refractivity contribution in [3.05, 3.63) is 23.8 Å². The van der Waals surface area contributed by atoms with Crippen molar-refractivity contribution >= 4 is 11.6 Å². The zero-order valence-electron chi connectivity index (χ0n) is 14.2. The van der Waals surface area contributed by atoms with Crippen LogP contribution in [0.1, 0.15) is 37.0 Å². The Kier molecular flexibility index (Phi) is 7.74. The molecule has 0 saturated heterocycles. The molecule has 0 spiro atoms. The van der Waals surface area contributed by atoms with E-state index in [2.05, 4.69) is 24.1 Å². The molecular formula is C17H29N3O2. The van der Waals surface area contributed by atoms with Gasteiger partial charge in [0, 0.05) is 18.7 Å². The highest BCUT2D eigenvalue weighted by Gasteiger charge is 2.09. The minimum atomic E-state index is -0.0845. The van der Waals surface area contributed by atoms with Crippen molar-refractivity contribution in [2.24, 2.45) is 5.92 Å². The van der Waals surface area contributed by atoms with Crippen molar-refractivity contribution < 1.29 is 9.53 Å². The predicted octanol–water partition coefficient (Wildman–Crippen LogP) is 2.38. The summed E-state index contributed by atoms with van der Waals surface area (Å²) in [6.07, 6.45) is 1.88. The van der Waals surface area contributed by atoms with Gasteiger partial charge in [0.05, 0.1) is 12.3 Å². The van der Waals surface area contributed by atoms with Gasteiger partial charge in [0.1, 0.15) is 5.75 Å². The Bertz CT molecular complexity index is 473. The second-order valence-corrected chi connectivity index (χ2v) is 6.20. The Morgan fingerprint density at radius 2 is 2.09 bits per heavy atom. The Morgan fingerprint density at radius 1 is 1.36 bits per heavy atom. The lowest BCUT2D eigenvalue weighted by atomic mass is 10.1. The number of ether oxygens (including phenoxy) is 1. The molecule has 0 bridgehead atoms. The lowest BCUT2D eigenvalue weighted by Gasteiger charge is -2.13. The van der Waals surface area contributed by atoms with Gasteiger partial charge in [0.2, 0.25) is 0 Å². The first-order valence-corrected chi connectivity index (χ1v) is 7.85. The normalized spacial score (nSPS) is 11.0. The van der Waals surface area contributed by atoms with Crippen LogP contribution in [0.2, 0.25) is 0 Å². The Morgan fingerprint density at radius 3 is 2.73 bits per heavy atom. The maximum absolute atomic E-state index is 12.1. The van der Waals surface area contributed by atoms with Crippen LogP contribution in [0.25, 0.3) is 0 Å². The monoisotopic (exact) mass is 307 g/mol. The molecule has 0 aliphatic heterocycles. The first-order valence-electron chi connectivity index (χ1n) is 7.85. The number of nitrogens with one attached hydrogen (secondary N) is 1. The third-order valence-electron chi connectivity index (χ3n) is 3.29. The summed E-state index contributed by atoms with van der Waals surface area (Å²) in [5.41, 5.74) is 7.05. The number of nitrogens with zero attached hydrogens (tertiary/aromatic N) is 1. The van der Waals surface area contributed by atoms with Gasteiger partial charge in [-0.2, -0.15) is 0 Å². The molecule has 124 valence electrons. The summed E-state index contributed by atoms with van der Waals surface area (Å²) >= 11 is 0. The highest BCUT2D eigenvalue weighted by molar-refractivity contribution is 5.95. The number of amides is 1. The summed E-state index contributed by atoms with van der Waals surface area (Å²) in [7, 11) is 4.05. The van der Waals surface area contributed by atoms with Crippen LogP contribution >= 0.6 is 0 Å². The fourth-order valence-electron chi connectivity index (χ4n) is 1.94. The Hall–Kier alpha value is -1.75. The van der Waals surface area contributed by atoms with Gasteiger partial charge in [0.25, 0.3) is 5.91 Å². The lowest BCUT2D eigenvalue weighted by molar-refractivity contribution is 0.0951. The molecule has 5 nitrogen and oxygen atoms in total. The third kappa shape index (κ3) is 6.80. The number of anilines is 1. The fraction of sp³-hybridized carbons (Fsp3) is 0.588. The molecule has 0 aliphatic carbocycles. The van der Waals surface area contributed by atoms with Gasteiger partial charge in [-0.25, -0.2) is 0 Å². The van der Waals surface area contributed by atoms with Gasteiger partial charge in [0.15, 0.2) is 0 Å². The molecule has 0 aromatic heterocycles. The van der Waals surface area contributed by atoms with Crippen LogP contribution in [-0.4, -0.2) is 44.6 Å². The highest BCUT2D eigenvalue weighted by atomic mass is 16.5. The van der Waals surface area contributed by atoms with Gasteiger partial charge in [-0.05, 0) is 51.1 Å². The minimum Gasteiger partial charge on any atom is -0.491 e. The van der Waals surface area contributed by atoms with E-state index >= 15 is 0 Å². The van der Waals surface area contributed by atoms with Crippen LogP contribution in [0.15, 0.2) is 18.2 Å². The van der Waals surface area contributed by atoms with Crippen molar-refractivity contribution in [1.82, 2.24) is 10.2 Å². The standard InChI is InChI=1S/C17H29N3O2/c1-13(2)8-9-19-17(21)14-6-7-15(18)16(12-14)22-11-5-10-20(3)4/h6-7,12-13H,5,8-11,18H2,1-4H3,(H,19,21). The van der Waals surface area contributed by atoms with E-state index in [1.807, 2.05) is 14.1 Å². The average Bonchev–Trinajstić information content (AvgIpc) is 2.44. The van der Waals surface area contributed by atoms with E-state index in [0.717, 1.165) is 19.4 Å². The van der Waals surface area contributed by atoms with Crippen LogP contribution in [0, 0.1) is 5.92 Å². The maximum atomic E-state index is 12.1. The van der Waals surface area contributed by atoms with Crippen LogP contribution < -0.4 is 15.8 Å². The van der Waals surface area contributed by atoms with Crippen LogP contribution in [0.5, 0.6) is 5.75 Å². The van der Waals surface area contributed by atoms with Gasteiger partial charge >= 0.3 is 0 Å². The molecule has 1 aromatic rings.